The van der Waals surface area contributed by atoms with Gasteiger partial charge in [0.2, 0.25) is 0 Å². The molecule has 0 atom stereocenters. The van der Waals surface area contributed by atoms with E-state index in [0.29, 0.717) is 25.4 Å². The van der Waals surface area contributed by atoms with Crippen molar-refractivity contribution in [3.8, 4) is 5.75 Å². The highest BCUT2D eigenvalue weighted by Gasteiger charge is 2.16. The standard InChI is InChI=1S/C26H30N4O4/c31-26(20-7-8-27-25(19-20)30-12-16-33-17-13-30)28-23-5-6-24(22-4-2-1-3-21(22)23)34-18-11-29-9-14-32-15-10-29/h1-8,19H,9-18H2,(H,28,31). The van der Waals surface area contributed by atoms with Gasteiger partial charge < -0.3 is 24.4 Å². The topological polar surface area (TPSA) is 76.2 Å². The van der Waals surface area contributed by atoms with E-state index in [1.54, 1.807) is 12.3 Å². The first kappa shape index (κ1) is 22.6. The fraction of sp³-hybridized carbons (Fsp3) is 0.385. The second-order valence-corrected chi connectivity index (χ2v) is 8.42. The number of carbonyl (C=O) groups is 1. The normalized spacial score (nSPS) is 17.0. The number of rotatable bonds is 7. The molecule has 0 bridgehead atoms. The van der Waals surface area contributed by atoms with E-state index in [4.69, 9.17) is 14.2 Å². The summed E-state index contributed by atoms with van der Waals surface area (Å²) in [7, 11) is 0. The number of pyridine rings is 1. The lowest BCUT2D eigenvalue weighted by molar-refractivity contribution is 0.0323. The van der Waals surface area contributed by atoms with Crippen LogP contribution in [0.1, 0.15) is 10.4 Å². The van der Waals surface area contributed by atoms with Gasteiger partial charge in [-0.1, -0.05) is 24.3 Å². The Morgan fingerprint density at radius 3 is 2.47 bits per heavy atom. The number of hydrogen-bond acceptors (Lipinski definition) is 7. The van der Waals surface area contributed by atoms with E-state index in [0.717, 1.165) is 74.0 Å². The van der Waals surface area contributed by atoms with Gasteiger partial charge in [-0.3, -0.25) is 9.69 Å². The van der Waals surface area contributed by atoms with Crippen molar-refractivity contribution in [2.45, 2.75) is 0 Å². The number of nitrogens with zero attached hydrogens (tertiary/aromatic N) is 3. The van der Waals surface area contributed by atoms with Crippen LogP contribution in [0.2, 0.25) is 0 Å². The molecule has 2 saturated heterocycles. The molecule has 0 saturated carbocycles. The van der Waals surface area contributed by atoms with Crippen LogP contribution >= 0.6 is 0 Å². The van der Waals surface area contributed by atoms with Crippen molar-refractivity contribution in [1.29, 1.82) is 0 Å². The molecule has 3 aromatic rings. The van der Waals surface area contributed by atoms with E-state index in [1.807, 2.05) is 42.5 Å². The number of carbonyl (C=O) groups excluding carboxylic acids is 1. The third-order valence-corrected chi connectivity index (χ3v) is 6.24. The van der Waals surface area contributed by atoms with Crippen molar-refractivity contribution in [2.75, 3.05) is 76.0 Å². The molecule has 8 heteroatoms. The summed E-state index contributed by atoms with van der Waals surface area (Å²) >= 11 is 0. The van der Waals surface area contributed by atoms with E-state index >= 15 is 0 Å². The number of fused-ring (bicyclic) bond motifs is 1. The lowest BCUT2D eigenvalue weighted by Crippen LogP contribution is -2.38. The molecule has 2 aliphatic heterocycles. The van der Waals surface area contributed by atoms with Crippen LogP contribution < -0.4 is 15.0 Å². The Labute approximate surface area is 199 Å². The zero-order valence-electron chi connectivity index (χ0n) is 19.2. The highest BCUT2D eigenvalue weighted by atomic mass is 16.5. The molecule has 0 aliphatic carbocycles. The molecule has 178 valence electrons. The number of aromatic nitrogens is 1. The van der Waals surface area contributed by atoms with Crippen LogP contribution in [0.15, 0.2) is 54.7 Å². The minimum absolute atomic E-state index is 0.164. The maximum atomic E-state index is 13.1. The molecule has 1 amide bonds. The Balaban J connectivity index is 1.29. The van der Waals surface area contributed by atoms with Crippen LogP contribution in [0.5, 0.6) is 5.75 Å². The molecule has 34 heavy (non-hydrogen) atoms. The second kappa shape index (κ2) is 10.8. The summed E-state index contributed by atoms with van der Waals surface area (Å²) in [5.41, 5.74) is 1.33. The maximum absolute atomic E-state index is 13.1. The summed E-state index contributed by atoms with van der Waals surface area (Å²) in [4.78, 5) is 22.0. The van der Waals surface area contributed by atoms with Crippen molar-refractivity contribution in [2.24, 2.45) is 0 Å². The quantitative estimate of drug-likeness (QED) is 0.578. The lowest BCUT2D eigenvalue weighted by Gasteiger charge is -2.27. The van der Waals surface area contributed by atoms with E-state index in [2.05, 4.69) is 20.1 Å². The Morgan fingerprint density at radius 2 is 1.68 bits per heavy atom. The molecule has 0 spiro atoms. The van der Waals surface area contributed by atoms with Crippen LogP contribution in [-0.4, -0.2) is 81.5 Å². The summed E-state index contributed by atoms with van der Waals surface area (Å²) in [6, 6.07) is 15.4. The molecular formula is C26H30N4O4. The summed E-state index contributed by atoms with van der Waals surface area (Å²) in [6.45, 7) is 7.81. The molecular weight excluding hydrogens is 432 g/mol. The van der Waals surface area contributed by atoms with Gasteiger partial charge in [0, 0.05) is 60.9 Å². The number of amides is 1. The zero-order chi connectivity index (χ0) is 23.2. The van der Waals surface area contributed by atoms with Crippen LogP contribution in [-0.2, 0) is 9.47 Å². The first-order chi connectivity index (χ1) is 16.8. The van der Waals surface area contributed by atoms with Crippen LogP contribution in [0.3, 0.4) is 0 Å². The van der Waals surface area contributed by atoms with E-state index in [-0.39, 0.29) is 5.91 Å². The van der Waals surface area contributed by atoms with E-state index < -0.39 is 0 Å². The van der Waals surface area contributed by atoms with Gasteiger partial charge in [0.05, 0.1) is 26.4 Å². The Morgan fingerprint density at radius 1 is 0.941 bits per heavy atom. The monoisotopic (exact) mass is 462 g/mol. The van der Waals surface area contributed by atoms with Crippen LogP contribution in [0.25, 0.3) is 10.8 Å². The van der Waals surface area contributed by atoms with Gasteiger partial charge in [0.1, 0.15) is 18.2 Å². The SMILES string of the molecule is O=C(Nc1ccc(OCCN2CCOCC2)c2ccccc12)c1ccnc(N2CCOCC2)c1. The average Bonchev–Trinajstić information content (AvgIpc) is 2.91. The maximum Gasteiger partial charge on any atom is 0.255 e. The third-order valence-electron chi connectivity index (χ3n) is 6.24. The molecule has 1 N–H and O–H groups in total. The van der Waals surface area contributed by atoms with Crippen molar-refractivity contribution < 1.29 is 19.0 Å². The van der Waals surface area contributed by atoms with Gasteiger partial charge in [0.25, 0.3) is 5.91 Å². The smallest absolute Gasteiger partial charge is 0.255 e. The zero-order valence-corrected chi connectivity index (χ0v) is 19.2. The predicted molar refractivity (Wildman–Crippen MR) is 132 cm³/mol. The summed E-state index contributed by atoms with van der Waals surface area (Å²) in [5, 5.41) is 5.00. The summed E-state index contributed by atoms with van der Waals surface area (Å²) in [5.74, 6) is 1.45. The van der Waals surface area contributed by atoms with Crippen molar-refractivity contribution in [3.05, 3.63) is 60.3 Å². The molecule has 0 unspecified atom stereocenters. The Kier molecular flexibility index (Phi) is 7.19. The minimum Gasteiger partial charge on any atom is -0.492 e. The molecule has 5 rings (SSSR count). The second-order valence-electron chi connectivity index (χ2n) is 8.42. The minimum atomic E-state index is -0.164. The first-order valence-electron chi connectivity index (χ1n) is 11.8. The first-order valence-corrected chi connectivity index (χ1v) is 11.8. The van der Waals surface area contributed by atoms with Gasteiger partial charge in [-0.05, 0) is 24.3 Å². The number of ether oxygens (including phenoxy) is 3. The molecule has 8 nitrogen and oxygen atoms in total. The van der Waals surface area contributed by atoms with E-state index in [1.165, 1.54) is 0 Å². The summed E-state index contributed by atoms with van der Waals surface area (Å²) in [6.07, 6.45) is 1.68. The Hall–Kier alpha value is -3.20. The molecule has 0 radical (unpaired) electrons. The third kappa shape index (κ3) is 5.30. The number of nitrogens with one attached hydrogen (secondary N) is 1. The molecule has 1 aromatic heterocycles. The van der Waals surface area contributed by atoms with Gasteiger partial charge in [-0.2, -0.15) is 0 Å². The number of hydrogen-bond donors (Lipinski definition) is 1. The molecule has 2 aliphatic rings. The molecule has 2 aromatic carbocycles. The average molecular weight is 463 g/mol. The van der Waals surface area contributed by atoms with Crippen LogP contribution in [0, 0.1) is 0 Å². The number of anilines is 2. The Bertz CT molecular complexity index is 1130. The van der Waals surface area contributed by atoms with Crippen molar-refractivity contribution in [3.63, 3.8) is 0 Å². The highest BCUT2D eigenvalue weighted by molar-refractivity contribution is 6.10. The number of morpholine rings is 2. The summed E-state index contributed by atoms with van der Waals surface area (Å²) < 4.78 is 17.0. The fourth-order valence-electron chi connectivity index (χ4n) is 4.34. The van der Waals surface area contributed by atoms with Gasteiger partial charge in [0.15, 0.2) is 0 Å². The van der Waals surface area contributed by atoms with E-state index in [9.17, 15) is 4.79 Å². The molecule has 2 fully saturated rings. The van der Waals surface area contributed by atoms with Gasteiger partial charge in [-0.15, -0.1) is 0 Å². The van der Waals surface area contributed by atoms with Crippen molar-refractivity contribution in [1.82, 2.24) is 9.88 Å². The number of benzene rings is 2. The predicted octanol–water partition coefficient (Wildman–Crippen LogP) is 3.03. The fourth-order valence-corrected chi connectivity index (χ4v) is 4.34. The van der Waals surface area contributed by atoms with Crippen molar-refractivity contribution >= 4 is 28.2 Å². The van der Waals surface area contributed by atoms with Gasteiger partial charge >= 0.3 is 0 Å². The van der Waals surface area contributed by atoms with Gasteiger partial charge in [-0.25, -0.2) is 4.98 Å². The molecule has 3 heterocycles. The highest BCUT2D eigenvalue weighted by Crippen LogP contribution is 2.32. The van der Waals surface area contributed by atoms with Crippen LogP contribution in [0.4, 0.5) is 11.5 Å². The lowest BCUT2D eigenvalue weighted by atomic mass is 10.1. The largest absolute Gasteiger partial charge is 0.492 e.